The number of imide groups is 1. The van der Waals surface area contributed by atoms with Gasteiger partial charge in [0.2, 0.25) is 0 Å². The molecule has 1 heterocycles. The highest BCUT2D eigenvalue weighted by Gasteiger charge is 2.34. The maximum absolute atomic E-state index is 12.3. The highest BCUT2D eigenvalue weighted by atomic mass is 31.2. The fraction of sp³-hybridized carbons (Fsp3) is 0.667. The van der Waals surface area contributed by atoms with E-state index in [0.717, 1.165) is 57.8 Å². The average Bonchev–Trinajstić information content (AvgIpc) is 2.98. The minimum absolute atomic E-state index is 0.173. The molecule has 2 amide bonds. The maximum Gasteiger partial charge on any atom is 0.472 e. The molecule has 1 aliphatic heterocycles. The summed E-state index contributed by atoms with van der Waals surface area (Å²) in [6.45, 7) is 1.54. The van der Waals surface area contributed by atoms with Crippen molar-refractivity contribution in [3.05, 3.63) is 35.4 Å². The van der Waals surface area contributed by atoms with Crippen molar-refractivity contribution in [2.45, 2.75) is 57.8 Å². The summed E-state index contributed by atoms with van der Waals surface area (Å²) in [6.07, 6.45) is 9.07. The third-order valence-electron chi connectivity index (χ3n) is 5.68. The number of rotatable bonds is 17. The quantitative estimate of drug-likeness (QED) is 0.150. The molecule has 1 aromatic rings. The summed E-state index contributed by atoms with van der Waals surface area (Å²) in [5.74, 6) is -0.347. The van der Waals surface area contributed by atoms with Crippen molar-refractivity contribution < 1.29 is 32.6 Å². The van der Waals surface area contributed by atoms with Crippen LogP contribution in [0, 0.1) is 0 Å². The van der Waals surface area contributed by atoms with Gasteiger partial charge in [-0.3, -0.25) is 23.5 Å². The molecule has 186 valence electrons. The Balaban J connectivity index is 1.42. The lowest BCUT2D eigenvalue weighted by Crippen LogP contribution is -2.37. The lowest BCUT2D eigenvalue weighted by Gasteiger charge is -2.24. The van der Waals surface area contributed by atoms with Crippen LogP contribution >= 0.6 is 7.82 Å². The Hall–Kier alpha value is -1.57. The minimum atomic E-state index is -3.94. The fourth-order valence-electron chi connectivity index (χ4n) is 3.70. The number of likely N-dealkylation sites (N-methyl/N-ethyl adjacent to an activating group) is 1. The Morgan fingerprint density at radius 2 is 1.24 bits per heavy atom. The van der Waals surface area contributed by atoms with Gasteiger partial charge in [0.25, 0.3) is 11.8 Å². The lowest BCUT2D eigenvalue weighted by molar-refractivity contribution is -0.870. The van der Waals surface area contributed by atoms with Crippen LogP contribution in [0.25, 0.3) is 0 Å². The SMILES string of the molecule is C[N+](C)(C)CCOP(=O)(O)OCCCCCCCCCCCN1C(=O)c2ccccc2C1=O. The summed E-state index contributed by atoms with van der Waals surface area (Å²) in [4.78, 5) is 35.7. The Labute approximate surface area is 198 Å². The van der Waals surface area contributed by atoms with E-state index in [9.17, 15) is 19.0 Å². The first-order chi connectivity index (χ1) is 15.6. The van der Waals surface area contributed by atoms with E-state index in [1.54, 1.807) is 24.3 Å². The number of unbranched alkanes of at least 4 members (excludes halogenated alkanes) is 8. The summed E-state index contributed by atoms with van der Waals surface area (Å²) in [6, 6.07) is 7.00. The van der Waals surface area contributed by atoms with Crippen LogP contribution in [0.4, 0.5) is 0 Å². The normalized spacial score (nSPS) is 15.7. The monoisotopic (exact) mass is 483 g/mol. The van der Waals surface area contributed by atoms with Gasteiger partial charge in [-0.05, 0) is 25.0 Å². The Morgan fingerprint density at radius 1 is 0.788 bits per heavy atom. The van der Waals surface area contributed by atoms with Gasteiger partial charge in [-0.15, -0.1) is 0 Å². The van der Waals surface area contributed by atoms with Gasteiger partial charge >= 0.3 is 7.82 Å². The molecule has 0 spiro atoms. The number of carbonyl (C=O) groups is 2. The molecule has 0 saturated carbocycles. The van der Waals surface area contributed by atoms with Gasteiger partial charge in [0.05, 0.1) is 38.9 Å². The smallest absolute Gasteiger partial charge is 0.329 e. The molecule has 0 aromatic heterocycles. The molecule has 0 aliphatic carbocycles. The zero-order chi connectivity index (χ0) is 24.3. The molecule has 1 aromatic carbocycles. The molecule has 33 heavy (non-hydrogen) atoms. The van der Waals surface area contributed by atoms with E-state index in [1.165, 1.54) is 4.90 Å². The number of nitrogens with zero attached hydrogens (tertiary/aromatic N) is 2. The highest BCUT2D eigenvalue weighted by molar-refractivity contribution is 7.47. The lowest BCUT2D eigenvalue weighted by atomic mass is 10.1. The first kappa shape index (κ1) is 27.7. The molecule has 1 aliphatic rings. The van der Waals surface area contributed by atoms with Crippen LogP contribution in [0.3, 0.4) is 0 Å². The van der Waals surface area contributed by atoms with Gasteiger partial charge in [-0.25, -0.2) is 4.57 Å². The number of carbonyl (C=O) groups excluding carboxylic acids is 2. The van der Waals surface area contributed by atoms with E-state index < -0.39 is 7.82 Å². The largest absolute Gasteiger partial charge is 0.472 e. The van der Waals surface area contributed by atoms with E-state index >= 15 is 0 Å². The molecule has 1 unspecified atom stereocenters. The van der Waals surface area contributed by atoms with Crippen LogP contribution < -0.4 is 0 Å². The molecule has 8 nitrogen and oxygen atoms in total. The number of fused-ring (bicyclic) bond motifs is 1. The molecule has 0 bridgehead atoms. The second-order valence-electron chi connectivity index (χ2n) is 9.64. The predicted molar refractivity (Wildman–Crippen MR) is 128 cm³/mol. The van der Waals surface area contributed by atoms with Gasteiger partial charge in [0, 0.05) is 6.54 Å². The van der Waals surface area contributed by atoms with Gasteiger partial charge in [0.1, 0.15) is 13.2 Å². The van der Waals surface area contributed by atoms with Gasteiger partial charge in [-0.1, -0.05) is 57.1 Å². The van der Waals surface area contributed by atoms with Crippen LogP contribution in [0.15, 0.2) is 24.3 Å². The molecule has 9 heteroatoms. The van der Waals surface area contributed by atoms with Crippen molar-refractivity contribution in [2.24, 2.45) is 0 Å². The summed E-state index contributed by atoms with van der Waals surface area (Å²) >= 11 is 0. The zero-order valence-corrected chi connectivity index (χ0v) is 21.2. The number of hydrogen-bond acceptors (Lipinski definition) is 5. The number of phosphoric acid groups is 1. The second-order valence-corrected chi connectivity index (χ2v) is 11.1. The van der Waals surface area contributed by atoms with E-state index in [0.29, 0.717) is 28.7 Å². The van der Waals surface area contributed by atoms with Gasteiger partial charge in [-0.2, -0.15) is 0 Å². The summed E-state index contributed by atoms with van der Waals surface area (Å²) in [5, 5.41) is 0. The van der Waals surface area contributed by atoms with Crippen LogP contribution in [-0.4, -0.2) is 73.5 Å². The molecule has 0 saturated heterocycles. The van der Waals surface area contributed by atoms with Crippen molar-refractivity contribution >= 4 is 19.6 Å². The van der Waals surface area contributed by atoms with Crippen molar-refractivity contribution in [1.29, 1.82) is 0 Å². The van der Waals surface area contributed by atoms with Gasteiger partial charge < -0.3 is 9.38 Å². The zero-order valence-electron chi connectivity index (χ0n) is 20.3. The first-order valence-corrected chi connectivity index (χ1v) is 13.5. The van der Waals surface area contributed by atoms with E-state index in [1.807, 2.05) is 21.1 Å². The van der Waals surface area contributed by atoms with Crippen molar-refractivity contribution in [1.82, 2.24) is 4.90 Å². The molecule has 2 rings (SSSR count). The van der Waals surface area contributed by atoms with E-state index in [-0.39, 0.29) is 25.0 Å². The summed E-state index contributed by atoms with van der Waals surface area (Å²) in [7, 11) is 2.03. The predicted octanol–water partition coefficient (Wildman–Crippen LogP) is 4.63. The molecule has 1 atom stereocenters. The van der Waals surface area contributed by atoms with Crippen LogP contribution in [0.5, 0.6) is 0 Å². The van der Waals surface area contributed by atoms with Crippen LogP contribution in [0.1, 0.15) is 78.5 Å². The topological polar surface area (TPSA) is 93.1 Å². The number of phosphoric ester groups is 1. The average molecular weight is 484 g/mol. The fourth-order valence-corrected chi connectivity index (χ4v) is 4.45. The number of quaternary nitrogens is 1. The molecule has 0 radical (unpaired) electrons. The third kappa shape index (κ3) is 10.1. The van der Waals surface area contributed by atoms with Crippen molar-refractivity contribution in [3.63, 3.8) is 0 Å². The Kier molecular flexibility index (Phi) is 11.2. The van der Waals surface area contributed by atoms with E-state index in [4.69, 9.17) is 9.05 Å². The standard InChI is InChI=1S/C24H39N2O6P/c1-26(2,3)18-20-32-33(29,30)31-19-14-10-8-6-4-5-7-9-13-17-25-23(27)21-15-11-12-16-22(21)24(25)28/h11-12,15-16H,4-10,13-14,17-20H2,1-3H3/p+1. The second kappa shape index (κ2) is 13.4. The number of benzene rings is 1. The maximum atomic E-state index is 12.3. The molecule has 0 fully saturated rings. The van der Waals surface area contributed by atoms with Crippen molar-refractivity contribution in [3.8, 4) is 0 Å². The number of amides is 2. The Bertz CT molecular complexity index is 788. The molecular formula is C24H40N2O6P+. The van der Waals surface area contributed by atoms with Crippen LogP contribution in [0.2, 0.25) is 0 Å². The summed E-state index contributed by atoms with van der Waals surface area (Å²) in [5.41, 5.74) is 1.03. The molecule has 1 N–H and O–H groups in total. The van der Waals surface area contributed by atoms with Crippen molar-refractivity contribution in [2.75, 3.05) is 47.4 Å². The first-order valence-electron chi connectivity index (χ1n) is 12.0. The minimum Gasteiger partial charge on any atom is -0.329 e. The van der Waals surface area contributed by atoms with Crippen LogP contribution in [-0.2, 0) is 13.6 Å². The Morgan fingerprint density at radius 3 is 1.76 bits per heavy atom. The summed E-state index contributed by atoms with van der Waals surface area (Å²) < 4.78 is 22.5. The van der Waals surface area contributed by atoms with Gasteiger partial charge in [0.15, 0.2) is 0 Å². The number of hydrogen-bond donors (Lipinski definition) is 1. The van der Waals surface area contributed by atoms with E-state index in [2.05, 4.69) is 0 Å². The molecular weight excluding hydrogens is 443 g/mol. The third-order valence-corrected chi connectivity index (χ3v) is 6.69. The highest BCUT2D eigenvalue weighted by Crippen LogP contribution is 2.43.